The van der Waals surface area contributed by atoms with Gasteiger partial charge in [-0.3, -0.25) is 0 Å². The molecule has 2 atom stereocenters. The summed E-state index contributed by atoms with van der Waals surface area (Å²) in [7, 11) is 0. The molecule has 3 heteroatoms. The molecule has 0 aliphatic carbocycles. The van der Waals surface area contributed by atoms with Crippen LogP contribution in [-0.4, -0.2) is 18.4 Å². The van der Waals surface area contributed by atoms with Gasteiger partial charge in [0.15, 0.2) is 0 Å². The topological polar surface area (TPSA) is 21.3 Å². The average molecular weight is 299 g/mol. The molecule has 110 valence electrons. The van der Waals surface area contributed by atoms with E-state index in [-0.39, 0.29) is 12.1 Å². The van der Waals surface area contributed by atoms with Gasteiger partial charge in [0, 0.05) is 10.6 Å². The first-order chi connectivity index (χ1) is 10.3. The summed E-state index contributed by atoms with van der Waals surface area (Å²) in [4.78, 5) is 1.24. The van der Waals surface area contributed by atoms with Crippen LogP contribution in [0.25, 0.3) is 0 Å². The van der Waals surface area contributed by atoms with Gasteiger partial charge in [0.05, 0.1) is 6.04 Å². The van der Waals surface area contributed by atoms with Crippen LogP contribution >= 0.6 is 11.8 Å². The highest BCUT2D eigenvalue weighted by molar-refractivity contribution is 7.99. The van der Waals surface area contributed by atoms with E-state index in [4.69, 9.17) is 4.74 Å². The van der Waals surface area contributed by atoms with E-state index in [0.29, 0.717) is 0 Å². The number of hydrogen-bond acceptors (Lipinski definition) is 3. The lowest BCUT2D eigenvalue weighted by atomic mass is 10.0. The summed E-state index contributed by atoms with van der Waals surface area (Å²) in [5.41, 5.74) is 2.59. The van der Waals surface area contributed by atoms with Crippen LogP contribution in [0.2, 0.25) is 0 Å². The number of rotatable bonds is 4. The molecular formula is C18H21NOS. The monoisotopic (exact) mass is 299 g/mol. The zero-order valence-electron chi connectivity index (χ0n) is 12.5. The van der Waals surface area contributed by atoms with Gasteiger partial charge < -0.3 is 10.1 Å². The zero-order chi connectivity index (χ0) is 14.7. The van der Waals surface area contributed by atoms with Crippen molar-refractivity contribution in [2.75, 3.05) is 12.3 Å². The fourth-order valence-electron chi connectivity index (χ4n) is 2.66. The molecule has 3 rings (SSSR count). The third-order valence-electron chi connectivity index (χ3n) is 3.76. The molecule has 21 heavy (non-hydrogen) atoms. The molecule has 0 radical (unpaired) electrons. The van der Waals surface area contributed by atoms with E-state index in [2.05, 4.69) is 61.6 Å². The number of fused-ring (bicyclic) bond motifs is 1. The van der Waals surface area contributed by atoms with Crippen molar-refractivity contribution in [2.24, 2.45) is 0 Å². The fraction of sp³-hybridized carbons (Fsp3) is 0.333. The Hall–Kier alpha value is -1.45. The van der Waals surface area contributed by atoms with Crippen LogP contribution in [0.1, 0.15) is 24.1 Å². The van der Waals surface area contributed by atoms with Crippen molar-refractivity contribution in [3.63, 3.8) is 0 Å². The van der Waals surface area contributed by atoms with Crippen molar-refractivity contribution in [3.05, 3.63) is 59.7 Å². The molecule has 2 aromatic rings. The molecule has 0 amide bonds. The first kappa shape index (κ1) is 14.5. The standard InChI is InChI=1S/C18H21NOS/c1-3-19-18(14-10-8-13(2)9-11-14)16-12-21-17-7-5-4-6-15(17)20-16/h4-11,16,18-19H,3,12H2,1-2H3. The summed E-state index contributed by atoms with van der Waals surface area (Å²) >= 11 is 1.88. The first-order valence-corrected chi connectivity index (χ1v) is 8.45. The minimum absolute atomic E-state index is 0.160. The third-order valence-corrected chi connectivity index (χ3v) is 4.91. The molecule has 0 bridgehead atoms. The van der Waals surface area contributed by atoms with Crippen molar-refractivity contribution in [1.29, 1.82) is 0 Å². The van der Waals surface area contributed by atoms with E-state index in [0.717, 1.165) is 18.0 Å². The summed E-state index contributed by atoms with van der Waals surface area (Å²) in [6, 6.07) is 17.3. The Morgan fingerprint density at radius 1 is 1.19 bits per heavy atom. The summed E-state index contributed by atoms with van der Waals surface area (Å²) in [6.45, 7) is 5.20. The maximum atomic E-state index is 6.25. The number of benzene rings is 2. The average Bonchev–Trinajstić information content (AvgIpc) is 2.53. The Kier molecular flexibility index (Phi) is 4.51. The Balaban J connectivity index is 1.83. The van der Waals surface area contributed by atoms with Crippen molar-refractivity contribution in [3.8, 4) is 5.75 Å². The minimum atomic E-state index is 0.160. The maximum absolute atomic E-state index is 6.25. The summed E-state index contributed by atoms with van der Waals surface area (Å²) in [5.74, 6) is 1.98. The zero-order valence-corrected chi connectivity index (χ0v) is 13.3. The number of ether oxygens (including phenoxy) is 1. The van der Waals surface area contributed by atoms with E-state index in [1.807, 2.05) is 17.8 Å². The quantitative estimate of drug-likeness (QED) is 0.914. The third kappa shape index (κ3) is 3.25. The summed E-state index contributed by atoms with van der Waals surface area (Å²) < 4.78 is 6.25. The molecule has 0 saturated carbocycles. The Morgan fingerprint density at radius 3 is 2.71 bits per heavy atom. The predicted octanol–water partition coefficient (Wildman–Crippen LogP) is 4.20. The van der Waals surface area contributed by atoms with E-state index in [1.165, 1.54) is 16.0 Å². The number of nitrogens with one attached hydrogen (secondary N) is 1. The molecule has 0 spiro atoms. The number of para-hydroxylation sites is 1. The molecule has 0 saturated heterocycles. The molecular weight excluding hydrogens is 278 g/mol. The predicted molar refractivity (Wildman–Crippen MR) is 89.2 cm³/mol. The van der Waals surface area contributed by atoms with Crippen LogP contribution in [0.5, 0.6) is 5.75 Å². The number of hydrogen-bond donors (Lipinski definition) is 1. The van der Waals surface area contributed by atoms with Crippen LogP contribution < -0.4 is 10.1 Å². The van der Waals surface area contributed by atoms with E-state index >= 15 is 0 Å². The SMILES string of the molecule is CCNC(c1ccc(C)cc1)C1CSc2ccccc2O1. The van der Waals surface area contributed by atoms with Gasteiger partial charge in [-0.15, -0.1) is 11.8 Å². The Bertz CT molecular complexity index is 596. The van der Waals surface area contributed by atoms with Gasteiger partial charge in [0.25, 0.3) is 0 Å². The molecule has 2 nitrogen and oxygen atoms in total. The van der Waals surface area contributed by atoms with Gasteiger partial charge in [-0.2, -0.15) is 0 Å². The van der Waals surface area contributed by atoms with E-state index in [9.17, 15) is 0 Å². The van der Waals surface area contributed by atoms with Crippen molar-refractivity contribution >= 4 is 11.8 Å². The van der Waals surface area contributed by atoms with Gasteiger partial charge >= 0.3 is 0 Å². The highest BCUT2D eigenvalue weighted by atomic mass is 32.2. The summed E-state index contributed by atoms with van der Waals surface area (Å²) in [6.07, 6.45) is 0.160. The lowest BCUT2D eigenvalue weighted by Gasteiger charge is -2.32. The van der Waals surface area contributed by atoms with Gasteiger partial charge in [-0.05, 0) is 31.2 Å². The van der Waals surface area contributed by atoms with Crippen molar-refractivity contribution in [2.45, 2.75) is 30.9 Å². The van der Waals surface area contributed by atoms with Crippen LogP contribution in [0.4, 0.5) is 0 Å². The molecule has 1 N–H and O–H groups in total. The fourth-order valence-corrected chi connectivity index (χ4v) is 3.70. The number of likely N-dealkylation sites (N-methyl/N-ethyl adjacent to an activating group) is 1. The highest BCUT2D eigenvalue weighted by Crippen LogP contribution is 2.38. The van der Waals surface area contributed by atoms with E-state index in [1.54, 1.807) is 0 Å². The first-order valence-electron chi connectivity index (χ1n) is 7.46. The van der Waals surface area contributed by atoms with Crippen LogP contribution in [0.3, 0.4) is 0 Å². The lowest BCUT2D eigenvalue weighted by Crippen LogP contribution is -2.38. The molecule has 0 fully saturated rings. The maximum Gasteiger partial charge on any atom is 0.133 e. The second-order valence-electron chi connectivity index (χ2n) is 5.36. The largest absolute Gasteiger partial charge is 0.486 e. The van der Waals surface area contributed by atoms with Gasteiger partial charge in [-0.1, -0.05) is 48.9 Å². The van der Waals surface area contributed by atoms with Crippen LogP contribution in [-0.2, 0) is 0 Å². The second kappa shape index (κ2) is 6.54. The minimum Gasteiger partial charge on any atom is -0.486 e. The lowest BCUT2D eigenvalue weighted by molar-refractivity contribution is 0.167. The molecule has 1 aliphatic heterocycles. The summed E-state index contributed by atoms with van der Waals surface area (Å²) in [5, 5.41) is 3.58. The molecule has 1 aliphatic rings. The normalized spacial score (nSPS) is 18.7. The molecule has 2 unspecified atom stereocenters. The Morgan fingerprint density at radius 2 is 1.95 bits per heavy atom. The van der Waals surface area contributed by atoms with Gasteiger partial charge in [0.1, 0.15) is 11.9 Å². The molecule has 1 heterocycles. The van der Waals surface area contributed by atoms with Crippen molar-refractivity contribution in [1.82, 2.24) is 5.32 Å². The van der Waals surface area contributed by atoms with Gasteiger partial charge in [-0.25, -0.2) is 0 Å². The highest BCUT2D eigenvalue weighted by Gasteiger charge is 2.28. The van der Waals surface area contributed by atoms with Gasteiger partial charge in [0.2, 0.25) is 0 Å². The van der Waals surface area contributed by atoms with E-state index < -0.39 is 0 Å². The number of thioether (sulfide) groups is 1. The smallest absolute Gasteiger partial charge is 0.133 e. The molecule has 0 aromatic heterocycles. The van der Waals surface area contributed by atoms with Crippen LogP contribution in [0.15, 0.2) is 53.4 Å². The van der Waals surface area contributed by atoms with Crippen molar-refractivity contribution < 1.29 is 4.74 Å². The van der Waals surface area contributed by atoms with Crippen LogP contribution in [0, 0.1) is 6.92 Å². The second-order valence-corrected chi connectivity index (χ2v) is 6.42. The Labute approximate surface area is 130 Å². The molecule has 2 aromatic carbocycles. The number of aryl methyl sites for hydroxylation is 1.